The van der Waals surface area contributed by atoms with Crippen molar-refractivity contribution in [2.24, 2.45) is 0 Å². The van der Waals surface area contributed by atoms with E-state index in [0.29, 0.717) is 21.5 Å². The van der Waals surface area contributed by atoms with Crippen LogP contribution in [0.2, 0.25) is 4.34 Å². The molecule has 0 radical (unpaired) electrons. The van der Waals surface area contributed by atoms with Crippen LogP contribution in [0.1, 0.15) is 42.9 Å². The van der Waals surface area contributed by atoms with Crippen LogP contribution in [0.15, 0.2) is 72.8 Å². The van der Waals surface area contributed by atoms with Crippen molar-refractivity contribution in [3.63, 3.8) is 0 Å². The van der Waals surface area contributed by atoms with E-state index in [1.807, 2.05) is 18.2 Å². The molecule has 3 aromatic carbocycles. The number of hydrogen-bond acceptors (Lipinski definition) is 4. The number of rotatable bonds is 7. The third kappa shape index (κ3) is 5.40. The van der Waals surface area contributed by atoms with Gasteiger partial charge >= 0.3 is 6.09 Å². The molecule has 0 saturated heterocycles. The molecule has 4 nitrogen and oxygen atoms in total. The molecule has 0 spiro atoms. The van der Waals surface area contributed by atoms with E-state index in [1.54, 1.807) is 32.2 Å². The van der Waals surface area contributed by atoms with Gasteiger partial charge in [0.15, 0.2) is 0 Å². The summed E-state index contributed by atoms with van der Waals surface area (Å²) in [6, 6.07) is 22.2. The van der Waals surface area contributed by atoms with Crippen LogP contribution in [0.3, 0.4) is 0 Å². The van der Waals surface area contributed by atoms with Crippen LogP contribution >= 0.6 is 22.9 Å². The summed E-state index contributed by atoms with van der Waals surface area (Å²) < 4.78 is 24.9. The first-order valence-corrected chi connectivity index (χ1v) is 12.9. The lowest BCUT2D eigenvalue weighted by Crippen LogP contribution is -2.16. The molecular weight excluding hydrogens is 497 g/mol. The molecule has 1 amide bonds. The Balaban J connectivity index is 1.35. The smallest absolute Gasteiger partial charge is 0.412 e. The molecule has 0 aliphatic heterocycles. The molecule has 1 aliphatic carbocycles. The topological polar surface area (TPSA) is 47.6 Å². The van der Waals surface area contributed by atoms with Crippen molar-refractivity contribution in [2.75, 3.05) is 12.4 Å². The van der Waals surface area contributed by atoms with E-state index in [4.69, 9.17) is 21.1 Å². The first-order chi connectivity index (χ1) is 17.4. The van der Waals surface area contributed by atoms with Gasteiger partial charge in [0.2, 0.25) is 0 Å². The molecule has 0 unspecified atom stereocenters. The molecule has 7 heteroatoms. The van der Waals surface area contributed by atoms with Gasteiger partial charge in [-0.25, -0.2) is 9.18 Å². The van der Waals surface area contributed by atoms with Gasteiger partial charge in [-0.3, -0.25) is 5.32 Å². The van der Waals surface area contributed by atoms with Crippen molar-refractivity contribution in [3.05, 3.63) is 94.1 Å². The van der Waals surface area contributed by atoms with Gasteiger partial charge < -0.3 is 9.47 Å². The Labute approximate surface area is 218 Å². The third-order valence-electron chi connectivity index (χ3n) is 6.30. The number of carbonyl (C=O) groups excluding carboxylic acids is 1. The summed E-state index contributed by atoms with van der Waals surface area (Å²) in [7, 11) is 1.65. The standard InChI is InChI=1S/C29H25ClFNO3S/c1-17(18-9-12-23(31)13-10-18)35-29(33)32-25-16-27(30)36-28(25)22-11-14-24(26(15-22)34-2)21-7-5-20(6-8-21)19-3-4-19/h5-17,19H,3-4H2,1-2H3,(H,32,33)/t17-/m1/s1. The predicted molar refractivity (Wildman–Crippen MR) is 144 cm³/mol. The number of hydrogen-bond donors (Lipinski definition) is 1. The number of nitrogens with one attached hydrogen (secondary N) is 1. The maximum absolute atomic E-state index is 13.2. The normalized spacial score (nSPS) is 13.8. The zero-order valence-corrected chi connectivity index (χ0v) is 21.5. The van der Waals surface area contributed by atoms with Crippen LogP contribution in [-0.2, 0) is 4.74 Å². The van der Waals surface area contributed by atoms with Crippen LogP contribution in [0, 0.1) is 5.82 Å². The molecule has 1 N–H and O–H groups in total. The van der Waals surface area contributed by atoms with E-state index in [1.165, 1.54) is 41.9 Å². The third-order valence-corrected chi connectivity index (χ3v) is 7.61. The molecule has 1 heterocycles. The molecule has 1 fully saturated rings. The van der Waals surface area contributed by atoms with Crippen LogP contribution in [-0.4, -0.2) is 13.2 Å². The quantitative estimate of drug-likeness (QED) is 0.264. The van der Waals surface area contributed by atoms with Crippen molar-refractivity contribution < 1.29 is 18.7 Å². The van der Waals surface area contributed by atoms with Gasteiger partial charge in [0, 0.05) is 5.56 Å². The predicted octanol–water partition coefficient (Wildman–Crippen LogP) is 9.07. The van der Waals surface area contributed by atoms with Gasteiger partial charge in [-0.05, 0) is 72.2 Å². The van der Waals surface area contributed by atoms with Gasteiger partial charge in [0.25, 0.3) is 0 Å². The van der Waals surface area contributed by atoms with Crippen molar-refractivity contribution in [3.8, 4) is 27.3 Å². The van der Waals surface area contributed by atoms with Crippen LogP contribution < -0.4 is 10.1 Å². The van der Waals surface area contributed by atoms with E-state index in [-0.39, 0.29) is 5.82 Å². The first kappa shape index (κ1) is 24.3. The Hall–Kier alpha value is -3.35. The Kier molecular flexibility index (Phi) is 6.99. The first-order valence-electron chi connectivity index (χ1n) is 11.7. The number of benzene rings is 3. The Bertz CT molecular complexity index is 1380. The van der Waals surface area contributed by atoms with E-state index in [0.717, 1.165) is 27.3 Å². The minimum Gasteiger partial charge on any atom is -0.496 e. The average Bonchev–Trinajstić information content (AvgIpc) is 3.67. The summed E-state index contributed by atoms with van der Waals surface area (Å²) in [6.07, 6.45) is 1.38. The van der Waals surface area contributed by atoms with Gasteiger partial charge in [-0.15, -0.1) is 11.3 Å². The maximum Gasteiger partial charge on any atom is 0.412 e. The summed E-state index contributed by atoms with van der Waals surface area (Å²) in [5, 5.41) is 2.80. The molecular formula is C29H25ClFNO3S. The lowest BCUT2D eigenvalue weighted by molar-refractivity contribution is 0.121. The Morgan fingerprint density at radius 2 is 1.72 bits per heavy atom. The summed E-state index contributed by atoms with van der Waals surface area (Å²) in [5.74, 6) is 1.10. The maximum atomic E-state index is 13.2. The second-order valence-electron chi connectivity index (χ2n) is 8.83. The van der Waals surface area contributed by atoms with Crippen molar-refractivity contribution in [1.82, 2.24) is 0 Å². The largest absolute Gasteiger partial charge is 0.496 e. The lowest BCUT2D eigenvalue weighted by Gasteiger charge is -2.15. The Morgan fingerprint density at radius 1 is 1.03 bits per heavy atom. The van der Waals surface area contributed by atoms with E-state index in [9.17, 15) is 9.18 Å². The number of anilines is 1. The molecule has 1 aromatic heterocycles. The van der Waals surface area contributed by atoms with E-state index in [2.05, 4.69) is 29.6 Å². The summed E-state index contributed by atoms with van der Waals surface area (Å²) in [5.41, 5.74) is 5.57. The monoisotopic (exact) mass is 521 g/mol. The molecule has 36 heavy (non-hydrogen) atoms. The molecule has 1 aliphatic rings. The zero-order valence-electron chi connectivity index (χ0n) is 19.9. The highest BCUT2D eigenvalue weighted by molar-refractivity contribution is 7.20. The highest BCUT2D eigenvalue weighted by Crippen LogP contribution is 2.44. The number of halogens is 2. The van der Waals surface area contributed by atoms with Gasteiger partial charge in [0.1, 0.15) is 17.7 Å². The molecule has 1 atom stereocenters. The minimum absolute atomic E-state index is 0.343. The average molecular weight is 522 g/mol. The van der Waals surface area contributed by atoms with Crippen LogP contribution in [0.25, 0.3) is 21.6 Å². The molecule has 4 aromatic rings. The number of amides is 1. The number of ether oxygens (including phenoxy) is 2. The summed E-state index contributed by atoms with van der Waals surface area (Å²) in [6.45, 7) is 1.73. The number of methoxy groups -OCH3 is 1. The van der Waals surface area contributed by atoms with Crippen LogP contribution in [0.5, 0.6) is 5.75 Å². The molecule has 0 bridgehead atoms. The van der Waals surface area contributed by atoms with E-state index >= 15 is 0 Å². The SMILES string of the molecule is COc1cc(-c2sc(Cl)cc2NC(=O)O[C@H](C)c2ccc(F)cc2)ccc1-c1ccc(C2CC2)cc1. The van der Waals surface area contributed by atoms with E-state index < -0.39 is 12.2 Å². The van der Waals surface area contributed by atoms with Crippen molar-refractivity contribution in [1.29, 1.82) is 0 Å². The summed E-state index contributed by atoms with van der Waals surface area (Å²) in [4.78, 5) is 13.4. The number of carbonyl (C=O) groups is 1. The van der Waals surface area contributed by atoms with Gasteiger partial charge in [0.05, 0.1) is 22.0 Å². The fraction of sp³-hybridized carbons (Fsp3) is 0.207. The second-order valence-corrected chi connectivity index (χ2v) is 10.5. The fourth-order valence-electron chi connectivity index (χ4n) is 4.19. The minimum atomic E-state index is -0.623. The molecule has 5 rings (SSSR count). The second kappa shape index (κ2) is 10.3. The molecule has 184 valence electrons. The van der Waals surface area contributed by atoms with Crippen molar-refractivity contribution >= 4 is 34.7 Å². The lowest BCUT2D eigenvalue weighted by atomic mass is 9.99. The number of thiophene rings is 1. The Morgan fingerprint density at radius 3 is 2.39 bits per heavy atom. The van der Waals surface area contributed by atoms with Crippen LogP contribution in [0.4, 0.5) is 14.9 Å². The highest BCUT2D eigenvalue weighted by Gasteiger charge is 2.23. The zero-order chi connectivity index (χ0) is 25.2. The fourth-order valence-corrected chi connectivity index (χ4v) is 5.37. The van der Waals surface area contributed by atoms with Gasteiger partial charge in [-0.2, -0.15) is 0 Å². The highest BCUT2D eigenvalue weighted by atomic mass is 35.5. The van der Waals surface area contributed by atoms with Crippen molar-refractivity contribution in [2.45, 2.75) is 31.8 Å². The van der Waals surface area contributed by atoms with Gasteiger partial charge in [-0.1, -0.05) is 60.1 Å². The molecule has 1 saturated carbocycles. The summed E-state index contributed by atoms with van der Waals surface area (Å²) >= 11 is 7.68.